The lowest BCUT2D eigenvalue weighted by Gasteiger charge is -2.03. The van der Waals surface area contributed by atoms with Crippen molar-refractivity contribution in [3.8, 4) is 0 Å². The zero-order valence-electron chi connectivity index (χ0n) is 12.4. The molecule has 2 heterocycles. The molecule has 2 aromatic heterocycles. The van der Waals surface area contributed by atoms with Gasteiger partial charge in [0.05, 0.1) is 9.34 Å². The van der Waals surface area contributed by atoms with Gasteiger partial charge in [0.15, 0.2) is 0 Å². The average molecular weight is 433 g/mol. The summed E-state index contributed by atoms with van der Waals surface area (Å²) < 4.78 is 26.7. The standard InChI is InChI=1S/C15H10Cl2N2O3S3/c16-12-7-11(14(17)24-12)25(21,22)19-15(20)10-8-23-13(18-10)6-9-4-2-1-3-5-9/h1-5,7-8H,6H2,(H,19,20). The second-order valence-corrected chi connectivity index (χ2v) is 9.79. The molecule has 0 bridgehead atoms. The molecule has 0 spiro atoms. The molecule has 25 heavy (non-hydrogen) atoms. The third kappa shape index (κ3) is 4.39. The van der Waals surface area contributed by atoms with Crippen LogP contribution in [0.5, 0.6) is 0 Å². The summed E-state index contributed by atoms with van der Waals surface area (Å²) in [6.45, 7) is 0. The monoisotopic (exact) mass is 432 g/mol. The number of halogens is 2. The molecule has 5 nitrogen and oxygen atoms in total. The van der Waals surface area contributed by atoms with Crippen molar-refractivity contribution in [2.45, 2.75) is 11.3 Å². The van der Waals surface area contributed by atoms with Crippen LogP contribution in [0.4, 0.5) is 0 Å². The number of hydrogen-bond acceptors (Lipinski definition) is 6. The fourth-order valence-corrected chi connectivity index (χ4v) is 5.92. The number of carbonyl (C=O) groups is 1. The normalized spacial score (nSPS) is 11.4. The zero-order chi connectivity index (χ0) is 18.0. The fourth-order valence-electron chi connectivity index (χ4n) is 2.00. The first-order chi connectivity index (χ1) is 11.8. The molecule has 1 N–H and O–H groups in total. The van der Waals surface area contributed by atoms with Gasteiger partial charge in [-0.3, -0.25) is 4.79 Å². The summed E-state index contributed by atoms with van der Waals surface area (Å²) in [7, 11) is -4.11. The van der Waals surface area contributed by atoms with Crippen LogP contribution in [0.25, 0.3) is 0 Å². The van der Waals surface area contributed by atoms with Crippen LogP contribution in [0.3, 0.4) is 0 Å². The topological polar surface area (TPSA) is 76.1 Å². The van der Waals surface area contributed by atoms with Crippen LogP contribution in [0.15, 0.2) is 46.7 Å². The maximum absolute atomic E-state index is 12.3. The fraction of sp³-hybridized carbons (Fsp3) is 0.0667. The van der Waals surface area contributed by atoms with Crippen molar-refractivity contribution in [2.24, 2.45) is 0 Å². The van der Waals surface area contributed by atoms with Crippen LogP contribution in [0.2, 0.25) is 8.67 Å². The second-order valence-electron chi connectivity index (χ2n) is 4.91. The number of thiophene rings is 1. The summed E-state index contributed by atoms with van der Waals surface area (Å²) in [6, 6.07) is 10.8. The number of carbonyl (C=O) groups excluding carboxylic acids is 1. The predicted octanol–water partition coefficient (Wildman–Crippen LogP) is 4.22. The van der Waals surface area contributed by atoms with Gasteiger partial charge in [-0.15, -0.1) is 22.7 Å². The molecule has 0 fully saturated rings. The lowest BCUT2D eigenvalue weighted by Crippen LogP contribution is -2.30. The number of aromatic nitrogens is 1. The van der Waals surface area contributed by atoms with E-state index in [1.165, 1.54) is 22.8 Å². The van der Waals surface area contributed by atoms with E-state index in [1.54, 1.807) is 0 Å². The van der Waals surface area contributed by atoms with Gasteiger partial charge < -0.3 is 0 Å². The molecule has 0 saturated heterocycles. The highest BCUT2D eigenvalue weighted by atomic mass is 35.5. The van der Waals surface area contributed by atoms with Crippen molar-refractivity contribution in [2.75, 3.05) is 0 Å². The number of hydrogen-bond donors (Lipinski definition) is 1. The largest absolute Gasteiger partial charge is 0.284 e. The molecule has 10 heteroatoms. The highest BCUT2D eigenvalue weighted by Gasteiger charge is 2.25. The van der Waals surface area contributed by atoms with E-state index in [4.69, 9.17) is 23.2 Å². The molecule has 0 radical (unpaired) electrons. The molecule has 0 atom stereocenters. The van der Waals surface area contributed by atoms with Gasteiger partial charge in [-0.25, -0.2) is 18.1 Å². The van der Waals surface area contributed by atoms with Gasteiger partial charge in [0.1, 0.15) is 14.9 Å². The maximum Gasteiger partial charge on any atom is 0.284 e. The van der Waals surface area contributed by atoms with E-state index in [9.17, 15) is 13.2 Å². The van der Waals surface area contributed by atoms with Crippen molar-refractivity contribution in [3.05, 3.63) is 66.7 Å². The molecular formula is C15H10Cl2N2O3S3. The van der Waals surface area contributed by atoms with Gasteiger partial charge in [0, 0.05) is 11.8 Å². The number of benzene rings is 1. The molecule has 0 unspecified atom stereocenters. The van der Waals surface area contributed by atoms with E-state index in [0.717, 1.165) is 16.9 Å². The van der Waals surface area contributed by atoms with Crippen LogP contribution in [0, 0.1) is 0 Å². The van der Waals surface area contributed by atoms with Gasteiger partial charge in [-0.2, -0.15) is 0 Å². The first-order valence-electron chi connectivity index (χ1n) is 6.85. The Hall–Kier alpha value is -1.45. The molecule has 3 aromatic rings. The Morgan fingerprint density at radius 2 is 1.92 bits per heavy atom. The number of amides is 1. The smallest absolute Gasteiger partial charge is 0.266 e. The Kier molecular flexibility index (Phi) is 5.45. The van der Waals surface area contributed by atoms with Crippen molar-refractivity contribution >= 4 is 61.8 Å². The zero-order valence-corrected chi connectivity index (χ0v) is 16.4. The summed E-state index contributed by atoms with van der Waals surface area (Å²) in [4.78, 5) is 16.2. The van der Waals surface area contributed by atoms with Crippen LogP contribution in [0.1, 0.15) is 21.1 Å². The quantitative estimate of drug-likeness (QED) is 0.654. The Labute approximate surface area is 162 Å². The summed E-state index contributed by atoms with van der Waals surface area (Å²) in [6.07, 6.45) is 0.567. The number of nitrogens with one attached hydrogen (secondary N) is 1. The molecule has 1 amide bonds. The van der Waals surface area contributed by atoms with E-state index >= 15 is 0 Å². The van der Waals surface area contributed by atoms with Gasteiger partial charge >= 0.3 is 0 Å². The summed E-state index contributed by atoms with van der Waals surface area (Å²) in [5.74, 6) is -0.811. The molecule has 0 saturated carbocycles. The van der Waals surface area contributed by atoms with Gasteiger partial charge in [0.25, 0.3) is 15.9 Å². The number of nitrogens with zero attached hydrogens (tertiary/aromatic N) is 1. The van der Waals surface area contributed by atoms with E-state index in [2.05, 4.69) is 4.98 Å². The van der Waals surface area contributed by atoms with E-state index in [1.807, 2.05) is 35.1 Å². The lowest BCUT2D eigenvalue weighted by molar-refractivity contribution is 0.0977. The maximum atomic E-state index is 12.3. The molecule has 0 aliphatic rings. The van der Waals surface area contributed by atoms with Crippen molar-refractivity contribution in [3.63, 3.8) is 0 Å². The van der Waals surface area contributed by atoms with Crippen LogP contribution >= 0.6 is 45.9 Å². The summed E-state index contributed by atoms with van der Waals surface area (Å²) >= 11 is 13.8. The van der Waals surface area contributed by atoms with Gasteiger partial charge in [-0.05, 0) is 11.6 Å². The third-order valence-electron chi connectivity index (χ3n) is 3.12. The van der Waals surface area contributed by atoms with Crippen LogP contribution in [-0.4, -0.2) is 19.3 Å². The molecule has 0 aliphatic heterocycles. The lowest BCUT2D eigenvalue weighted by atomic mass is 10.2. The SMILES string of the molecule is O=C(NS(=O)(=O)c1cc(Cl)sc1Cl)c1csc(Cc2ccccc2)n1. The summed E-state index contributed by atoms with van der Waals surface area (Å²) in [5.41, 5.74) is 1.09. The van der Waals surface area contributed by atoms with Crippen molar-refractivity contribution < 1.29 is 13.2 Å². The first-order valence-corrected chi connectivity index (χ1v) is 10.8. The minimum Gasteiger partial charge on any atom is -0.266 e. The highest BCUT2D eigenvalue weighted by molar-refractivity contribution is 7.90. The third-order valence-corrected chi connectivity index (χ3v) is 7.06. The van der Waals surface area contributed by atoms with Gasteiger partial charge in [-0.1, -0.05) is 53.5 Å². The van der Waals surface area contributed by atoms with Crippen molar-refractivity contribution in [1.29, 1.82) is 0 Å². The van der Waals surface area contributed by atoms with E-state index < -0.39 is 15.9 Å². The Bertz CT molecular complexity index is 1010. The molecule has 130 valence electrons. The number of rotatable bonds is 5. The second kappa shape index (κ2) is 7.43. The van der Waals surface area contributed by atoms with E-state index in [0.29, 0.717) is 11.4 Å². The molecule has 1 aromatic carbocycles. The Balaban J connectivity index is 1.75. The molecular weight excluding hydrogens is 423 g/mol. The minimum atomic E-state index is -4.11. The Morgan fingerprint density at radius 3 is 2.56 bits per heavy atom. The number of sulfonamides is 1. The average Bonchev–Trinajstić information content (AvgIpc) is 3.14. The highest BCUT2D eigenvalue weighted by Crippen LogP contribution is 2.34. The molecule has 0 aliphatic carbocycles. The van der Waals surface area contributed by atoms with E-state index in [-0.39, 0.29) is 19.3 Å². The Morgan fingerprint density at radius 1 is 1.20 bits per heavy atom. The van der Waals surface area contributed by atoms with Gasteiger partial charge in [0.2, 0.25) is 0 Å². The summed E-state index contributed by atoms with van der Waals surface area (Å²) in [5, 5.41) is 2.23. The minimum absolute atomic E-state index is 0.00616. The van der Waals surface area contributed by atoms with Crippen LogP contribution in [-0.2, 0) is 16.4 Å². The molecule has 3 rings (SSSR count). The number of thiazole rings is 1. The van der Waals surface area contributed by atoms with Crippen LogP contribution < -0.4 is 4.72 Å². The predicted molar refractivity (Wildman–Crippen MR) is 100 cm³/mol. The van der Waals surface area contributed by atoms with Crippen molar-refractivity contribution in [1.82, 2.24) is 9.71 Å². The first kappa shape index (κ1) is 18.3.